The van der Waals surface area contributed by atoms with Crippen LogP contribution in [0.1, 0.15) is 32.8 Å². The van der Waals surface area contributed by atoms with Gasteiger partial charge in [0.15, 0.2) is 0 Å². The standard InChI is InChI=1S/C13H20N2O4/c1-13(2,3)10(6-11(16)17)15-12(18)14-7-9-4-5-19-8-9/h4-5,8,10H,6-7H2,1-3H3,(H,16,17)(H2,14,15,18). The van der Waals surface area contributed by atoms with Crippen molar-refractivity contribution >= 4 is 12.0 Å². The molecule has 0 aliphatic heterocycles. The van der Waals surface area contributed by atoms with E-state index in [1.54, 1.807) is 12.3 Å². The number of furan rings is 1. The molecule has 2 amide bonds. The molecular formula is C13H20N2O4. The number of urea groups is 1. The second kappa shape index (κ2) is 6.26. The van der Waals surface area contributed by atoms with Crippen LogP contribution in [0, 0.1) is 5.41 Å². The van der Waals surface area contributed by atoms with Crippen LogP contribution in [0.3, 0.4) is 0 Å². The highest BCUT2D eigenvalue weighted by atomic mass is 16.4. The zero-order valence-electron chi connectivity index (χ0n) is 11.4. The summed E-state index contributed by atoms with van der Waals surface area (Å²) in [6.07, 6.45) is 2.96. The van der Waals surface area contributed by atoms with Crippen molar-refractivity contribution in [2.45, 2.75) is 39.8 Å². The minimum atomic E-state index is -0.935. The van der Waals surface area contributed by atoms with E-state index in [-0.39, 0.29) is 17.9 Å². The number of carboxylic acid groups (broad SMARTS) is 1. The molecule has 1 aromatic heterocycles. The van der Waals surface area contributed by atoms with E-state index in [1.807, 2.05) is 20.8 Å². The van der Waals surface area contributed by atoms with Crippen molar-refractivity contribution in [2.24, 2.45) is 5.41 Å². The summed E-state index contributed by atoms with van der Waals surface area (Å²) >= 11 is 0. The molecule has 0 radical (unpaired) electrons. The van der Waals surface area contributed by atoms with Gasteiger partial charge in [-0.3, -0.25) is 4.79 Å². The largest absolute Gasteiger partial charge is 0.481 e. The molecule has 19 heavy (non-hydrogen) atoms. The molecule has 0 aliphatic carbocycles. The Morgan fingerprint density at radius 3 is 2.58 bits per heavy atom. The summed E-state index contributed by atoms with van der Waals surface area (Å²) in [5.41, 5.74) is 0.520. The number of rotatable bonds is 5. The van der Waals surface area contributed by atoms with E-state index in [1.165, 1.54) is 6.26 Å². The fourth-order valence-electron chi connectivity index (χ4n) is 1.53. The SMILES string of the molecule is CC(C)(C)C(CC(=O)O)NC(=O)NCc1ccoc1. The summed E-state index contributed by atoms with van der Waals surface area (Å²) < 4.78 is 4.89. The molecule has 1 aromatic rings. The number of aliphatic carboxylic acids is 1. The third-order valence-corrected chi connectivity index (χ3v) is 2.76. The number of nitrogens with one attached hydrogen (secondary N) is 2. The molecule has 0 spiro atoms. The smallest absolute Gasteiger partial charge is 0.315 e. The lowest BCUT2D eigenvalue weighted by atomic mass is 9.85. The lowest BCUT2D eigenvalue weighted by Gasteiger charge is -2.30. The predicted octanol–water partition coefficient (Wildman–Crippen LogP) is 1.97. The van der Waals surface area contributed by atoms with Gasteiger partial charge in [0.25, 0.3) is 0 Å². The topological polar surface area (TPSA) is 91.6 Å². The van der Waals surface area contributed by atoms with E-state index in [9.17, 15) is 9.59 Å². The van der Waals surface area contributed by atoms with Crippen LogP contribution in [-0.2, 0) is 11.3 Å². The van der Waals surface area contributed by atoms with Gasteiger partial charge in [0.1, 0.15) is 0 Å². The van der Waals surface area contributed by atoms with Crippen molar-refractivity contribution in [3.63, 3.8) is 0 Å². The number of amides is 2. The van der Waals surface area contributed by atoms with Gasteiger partial charge in [-0.1, -0.05) is 20.8 Å². The van der Waals surface area contributed by atoms with Gasteiger partial charge in [-0.25, -0.2) is 4.79 Å². The van der Waals surface area contributed by atoms with Crippen molar-refractivity contribution in [3.05, 3.63) is 24.2 Å². The fourth-order valence-corrected chi connectivity index (χ4v) is 1.53. The summed E-state index contributed by atoms with van der Waals surface area (Å²) in [4.78, 5) is 22.5. The predicted molar refractivity (Wildman–Crippen MR) is 69.6 cm³/mol. The molecule has 6 nitrogen and oxygen atoms in total. The van der Waals surface area contributed by atoms with E-state index in [2.05, 4.69) is 10.6 Å². The zero-order chi connectivity index (χ0) is 14.5. The Balaban J connectivity index is 2.49. The van der Waals surface area contributed by atoms with E-state index in [4.69, 9.17) is 9.52 Å². The van der Waals surface area contributed by atoms with Crippen LogP contribution >= 0.6 is 0 Å². The Hall–Kier alpha value is -1.98. The average Bonchev–Trinajstić information content (AvgIpc) is 2.76. The van der Waals surface area contributed by atoms with Crippen molar-refractivity contribution < 1.29 is 19.1 Å². The van der Waals surface area contributed by atoms with Crippen LogP contribution in [0.5, 0.6) is 0 Å². The highest BCUT2D eigenvalue weighted by Gasteiger charge is 2.28. The molecule has 0 saturated carbocycles. The maximum Gasteiger partial charge on any atom is 0.315 e. The molecule has 1 rings (SSSR count). The van der Waals surface area contributed by atoms with E-state index in [0.717, 1.165) is 5.56 Å². The maximum absolute atomic E-state index is 11.7. The molecule has 3 N–H and O–H groups in total. The van der Waals surface area contributed by atoms with Gasteiger partial charge in [0.05, 0.1) is 18.9 Å². The summed E-state index contributed by atoms with van der Waals surface area (Å²) in [7, 11) is 0. The van der Waals surface area contributed by atoms with E-state index < -0.39 is 12.0 Å². The van der Waals surface area contributed by atoms with Crippen molar-refractivity contribution in [1.29, 1.82) is 0 Å². The lowest BCUT2D eigenvalue weighted by molar-refractivity contribution is -0.138. The Labute approximate surface area is 112 Å². The molecule has 1 unspecified atom stereocenters. The van der Waals surface area contributed by atoms with Crippen LogP contribution in [0.4, 0.5) is 4.79 Å². The quantitative estimate of drug-likeness (QED) is 0.761. The first-order valence-electron chi connectivity index (χ1n) is 6.06. The second-order valence-electron chi connectivity index (χ2n) is 5.48. The first-order chi connectivity index (χ1) is 8.79. The van der Waals surface area contributed by atoms with Crippen LogP contribution < -0.4 is 10.6 Å². The van der Waals surface area contributed by atoms with Crippen LogP contribution in [-0.4, -0.2) is 23.1 Å². The summed E-state index contributed by atoms with van der Waals surface area (Å²) in [6, 6.07) is 0.926. The highest BCUT2D eigenvalue weighted by molar-refractivity contribution is 5.75. The number of carboxylic acids is 1. The van der Waals surface area contributed by atoms with Gasteiger partial charge < -0.3 is 20.2 Å². The number of carbonyl (C=O) groups is 2. The Kier molecular flexibility index (Phi) is 4.97. The van der Waals surface area contributed by atoms with Crippen molar-refractivity contribution in [3.8, 4) is 0 Å². The average molecular weight is 268 g/mol. The minimum absolute atomic E-state index is 0.109. The van der Waals surface area contributed by atoms with Gasteiger partial charge in [-0.15, -0.1) is 0 Å². The molecule has 0 aliphatic rings. The lowest BCUT2D eigenvalue weighted by Crippen LogP contribution is -2.48. The Morgan fingerprint density at radius 1 is 1.42 bits per heavy atom. The molecule has 0 fully saturated rings. The van der Waals surface area contributed by atoms with Crippen LogP contribution in [0.25, 0.3) is 0 Å². The molecule has 1 heterocycles. The van der Waals surface area contributed by atoms with Crippen molar-refractivity contribution in [1.82, 2.24) is 10.6 Å². The second-order valence-corrected chi connectivity index (χ2v) is 5.48. The summed E-state index contributed by atoms with van der Waals surface area (Å²) in [5.74, 6) is -0.935. The zero-order valence-corrected chi connectivity index (χ0v) is 11.4. The van der Waals surface area contributed by atoms with Crippen LogP contribution in [0.15, 0.2) is 23.0 Å². The summed E-state index contributed by atoms with van der Waals surface area (Å²) in [6.45, 7) is 6.00. The molecule has 0 saturated heterocycles. The number of hydrogen-bond donors (Lipinski definition) is 3. The minimum Gasteiger partial charge on any atom is -0.481 e. The first kappa shape index (κ1) is 15.1. The first-order valence-corrected chi connectivity index (χ1v) is 6.06. The van der Waals surface area contributed by atoms with Gasteiger partial charge in [0.2, 0.25) is 0 Å². The monoisotopic (exact) mass is 268 g/mol. The maximum atomic E-state index is 11.7. The molecule has 1 atom stereocenters. The third-order valence-electron chi connectivity index (χ3n) is 2.76. The van der Waals surface area contributed by atoms with Gasteiger partial charge in [0, 0.05) is 18.2 Å². The van der Waals surface area contributed by atoms with Crippen molar-refractivity contribution in [2.75, 3.05) is 0 Å². The molecular weight excluding hydrogens is 248 g/mol. The van der Waals surface area contributed by atoms with Crippen LogP contribution in [0.2, 0.25) is 0 Å². The normalized spacial score (nSPS) is 12.8. The number of hydrogen-bond acceptors (Lipinski definition) is 3. The van der Waals surface area contributed by atoms with Gasteiger partial charge >= 0.3 is 12.0 Å². The third kappa shape index (κ3) is 5.46. The van der Waals surface area contributed by atoms with E-state index >= 15 is 0 Å². The molecule has 0 bridgehead atoms. The molecule has 6 heteroatoms. The highest BCUT2D eigenvalue weighted by Crippen LogP contribution is 2.21. The Morgan fingerprint density at radius 2 is 2.11 bits per heavy atom. The van der Waals surface area contributed by atoms with Gasteiger partial charge in [-0.2, -0.15) is 0 Å². The molecule has 0 aromatic carbocycles. The summed E-state index contributed by atoms with van der Waals surface area (Å²) in [5, 5.41) is 14.2. The van der Waals surface area contributed by atoms with E-state index in [0.29, 0.717) is 6.54 Å². The Bertz CT molecular complexity index is 420. The van der Waals surface area contributed by atoms with Gasteiger partial charge in [-0.05, 0) is 11.5 Å². The molecule has 106 valence electrons. The fraction of sp³-hybridized carbons (Fsp3) is 0.538. The number of carbonyl (C=O) groups excluding carboxylic acids is 1.